The van der Waals surface area contributed by atoms with Gasteiger partial charge in [0, 0.05) is 32.3 Å². The summed E-state index contributed by atoms with van der Waals surface area (Å²) in [5.41, 5.74) is -0.768. The van der Waals surface area contributed by atoms with Crippen LogP contribution in [0.25, 0.3) is 0 Å². The Balaban J connectivity index is 1.66. The van der Waals surface area contributed by atoms with Gasteiger partial charge in [0.1, 0.15) is 5.75 Å². The van der Waals surface area contributed by atoms with Gasteiger partial charge in [0.05, 0.1) is 35.6 Å². The van der Waals surface area contributed by atoms with Crippen molar-refractivity contribution in [2.75, 3.05) is 20.2 Å². The third-order valence-corrected chi connectivity index (χ3v) is 8.11. The molecule has 0 aliphatic carbocycles. The minimum absolute atomic E-state index is 0.0203. The Labute approximate surface area is 210 Å². The average Bonchev–Trinajstić information content (AvgIpc) is 3.46. The minimum atomic E-state index is -4.74. The van der Waals surface area contributed by atoms with Crippen molar-refractivity contribution in [3.05, 3.63) is 76.7 Å². The molecule has 2 aromatic carbocycles. The SMILES string of the molecule is COc1ccc(C2CN(S(=O)(=O)c3cn(C)cn3)CC2NC(=O)c2cccc(C(F)(F)F)c2Cl)cc1. The second-order valence-electron chi connectivity index (χ2n) is 8.32. The molecule has 36 heavy (non-hydrogen) atoms. The normalized spacial score (nSPS) is 18.8. The number of hydrogen-bond donors (Lipinski definition) is 1. The second-order valence-corrected chi connectivity index (χ2v) is 10.6. The van der Waals surface area contributed by atoms with E-state index in [9.17, 15) is 26.4 Å². The van der Waals surface area contributed by atoms with Crippen LogP contribution in [0.1, 0.15) is 27.4 Å². The number of hydrogen-bond acceptors (Lipinski definition) is 5. The van der Waals surface area contributed by atoms with Gasteiger partial charge >= 0.3 is 6.18 Å². The number of ether oxygens (including phenoxy) is 1. The van der Waals surface area contributed by atoms with Gasteiger partial charge in [-0.1, -0.05) is 29.8 Å². The van der Waals surface area contributed by atoms with Gasteiger partial charge < -0.3 is 14.6 Å². The van der Waals surface area contributed by atoms with Crippen LogP contribution >= 0.6 is 11.6 Å². The predicted molar refractivity (Wildman–Crippen MR) is 125 cm³/mol. The highest BCUT2D eigenvalue weighted by Gasteiger charge is 2.42. The Kier molecular flexibility index (Phi) is 7.04. The van der Waals surface area contributed by atoms with E-state index >= 15 is 0 Å². The number of carbonyl (C=O) groups excluding carboxylic acids is 1. The van der Waals surface area contributed by atoms with Gasteiger partial charge in [-0.15, -0.1) is 0 Å². The lowest BCUT2D eigenvalue weighted by atomic mass is 9.94. The number of halogens is 4. The maximum absolute atomic E-state index is 13.3. The van der Waals surface area contributed by atoms with E-state index in [0.717, 1.165) is 17.7 Å². The fourth-order valence-corrected chi connectivity index (χ4v) is 5.90. The fraction of sp³-hybridized carbons (Fsp3) is 0.304. The number of methoxy groups -OCH3 is 1. The van der Waals surface area contributed by atoms with Gasteiger partial charge in [-0.2, -0.15) is 17.5 Å². The number of carbonyl (C=O) groups is 1. The van der Waals surface area contributed by atoms with Crippen LogP contribution in [-0.2, 0) is 23.2 Å². The molecule has 1 N–H and O–H groups in total. The molecule has 1 amide bonds. The number of amides is 1. The number of benzene rings is 2. The molecule has 1 aliphatic heterocycles. The molecule has 13 heteroatoms. The van der Waals surface area contributed by atoms with Crippen LogP contribution in [0.3, 0.4) is 0 Å². The number of rotatable bonds is 6. The largest absolute Gasteiger partial charge is 0.497 e. The summed E-state index contributed by atoms with van der Waals surface area (Å²) in [5.74, 6) is -0.749. The van der Waals surface area contributed by atoms with Crippen LogP contribution in [-0.4, -0.2) is 54.4 Å². The van der Waals surface area contributed by atoms with Crippen molar-refractivity contribution in [1.29, 1.82) is 0 Å². The molecule has 1 aliphatic rings. The van der Waals surface area contributed by atoms with Crippen LogP contribution in [0, 0.1) is 0 Å². The number of aromatic nitrogens is 2. The van der Waals surface area contributed by atoms with Crippen molar-refractivity contribution in [2.45, 2.75) is 23.2 Å². The number of sulfonamides is 1. The molecule has 8 nitrogen and oxygen atoms in total. The predicted octanol–water partition coefficient (Wildman–Crippen LogP) is 3.69. The monoisotopic (exact) mass is 542 g/mol. The zero-order valence-corrected chi connectivity index (χ0v) is 20.7. The molecule has 0 saturated carbocycles. The quantitative estimate of drug-likeness (QED) is 0.513. The van der Waals surface area contributed by atoms with Crippen molar-refractivity contribution in [2.24, 2.45) is 7.05 Å². The summed E-state index contributed by atoms with van der Waals surface area (Å²) in [6.07, 6.45) is -2.01. The van der Waals surface area contributed by atoms with E-state index < -0.39 is 44.7 Å². The number of nitrogens with one attached hydrogen (secondary N) is 1. The lowest BCUT2D eigenvalue weighted by Gasteiger charge is -2.21. The first-order valence-corrected chi connectivity index (χ1v) is 12.5. The molecule has 1 fully saturated rings. The Morgan fingerprint density at radius 1 is 1.17 bits per heavy atom. The molecule has 0 radical (unpaired) electrons. The number of aryl methyl sites for hydroxylation is 1. The molecule has 1 aromatic heterocycles. The molecular formula is C23H22ClF3N4O4S. The molecule has 0 bridgehead atoms. The smallest absolute Gasteiger partial charge is 0.417 e. The first kappa shape index (κ1) is 26.0. The Morgan fingerprint density at radius 2 is 1.86 bits per heavy atom. The second kappa shape index (κ2) is 9.75. The zero-order chi connectivity index (χ0) is 26.3. The van der Waals surface area contributed by atoms with E-state index in [1.54, 1.807) is 31.3 Å². The first-order chi connectivity index (χ1) is 16.9. The molecule has 2 atom stereocenters. The standard InChI is InChI=1S/C23H22ClF3N4O4S/c1-30-12-20(28-13-30)36(33,34)31-10-17(14-6-8-15(35-2)9-7-14)19(11-31)29-22(32)16-4-3-5-18(21(16)24)23(25,26)27/h3-9,12-13,17,19H,10-11H2,1-2H3,(H,29,32). The van der Waals surface area contributed by atoms with Crippen LogP contribution in [0.2, 0.25) is 5.02 Å². The molecular weight excluding hydrogens is 521 g/mol. The van der Waals surface area contributed by atoms with Crippen molar-refractivity contribution in [3.8, 4) is 5.75 Å². The van der Waals surface area contributed by atoms with E-state index in [0.29, 0.717) is 5.75 Å². The summed E-state index contributed by atoms with van der Waals surface area (Å²) in [5, 5.41) is 1.83. The highest BCUT2D eigenvalue weighted by molar-refractivity contribution is 7.89. The van der Waals surface area contributed by atoms with Crippen LogP contribution in [0.5, 0.6) is 5.75 Å². The first-order valence-electron chi connectivity index (χ1n) is 10.7. The van der Waals surface area contributed by atoms with Gasteiger partial charge in [-0.3, -0.25) is 4.79 Å². The van der Waals surface area contributed by atoms with Gasteiger partial charge in [0.15, 0.2) is 5.03 Å². The van der Waals surface area contributed by atoms with Crippen LogP contribution in [0.4, 0.5) is 13.2 Å². The highest BCUT2D eigenvalue weighted by atomic mass is 35.5. The molecule has 2 heterocycles. The van der Waals surface area contributed by atoms with E-state index in [2.05, 4.69) is 10.3 Å². The van der Waals surface area contributed by atoms with E-state index in [4.69, 9.17) is 16.3 Å². The fourth-order valence-electron chi connectivity index (χ4n) is 4.13. The summed E-state index contributed by atoms with van der Waals surface area (Å²) in [6, 6.07) is 9.21. The summed E-state index contributed by atoms with van der Waals surface area (Å²) >= 11 is 5.93. The van der Waals surface area contributed by atoms with Crippen molar-refractivity contribution in [3.63, 3.8) is 0 Å². The summed E-state index contributed by atoms with van der Waals surface area (Å²) < 4.78 is 74.1. The Bertz CT molecular complexity index is 1380. The molecule has 0 spiro atoms. The van der Waals surface area contributed by atoms with Gasteiger partial charge in [-0.05, 0) is 29.8 Å². The highest BCUT2D eigenvalue weighted by Crippen LogP contribution is 2.37. The zero-order valence-electron chi connectivity index (χ0n) is 19.2. The van der Waals surface area contributed by atoms with Crippen molar-refractivity contribution < 1.29 is 31.1 Å². The summed E-state index contributed by atoms with van der Waals surface area (Å²) in [4.78, 5) is 17.0. The average molecular weight is 543 g/mol. The molecule has 1 saturated heterocycles. The van der Waals surface area contributed by atoms with E-state index in [1.165, 1.54) is 34.6 Å². The maximum atomic E-state index is 13.3. The van der Waals surface area contributed by atoms with Gasteiger partial charge in [0.25, 0.3) is 15.9 Å². The lowest BCUT2D eigenvalue weighted by Crippen LogP contribution is -2.40. The van der Waals surface area contributed by atoms with Crippen LogP contribution < -0.4 is 10.1 Å². The Morgan fingerprint density at radius 3 is 2.44 bits per heavy atom. The molecule has 2 unspecified atom stereocenters. The summed E-state index contributed by atoms with van der Waals surface area (Å²) in [7, 11) is -0.844. The third kappa shape index (κ3) is 5.06. The number of nitrogens with zero attached hydrogens (tertiary/aromatic N) is 3. The van der Waals surface area contributed by atoms with E-state index in [-0.39, 0.29) is 23.7 Å². The van der Waals surface area contributed by atoms with Crippen molar-refractivity contribution >= 4 is 27.5 Å². The molecule has 4 rings (SSSR count). The lowest BCUT2D eigenvalue weighted by molar-refractivity contribution is -0.137. The topological polar surface area (TPSA) is 93.5 Å². The molecule has 3 aromatic rings. The number of alkyl halides is 3. The number of imidazole rings is 1. The maximum Gasteiger partial charge on any atom is 0.417 e. The van der Waals surface area contributed by atoms with Gasteiger partial charge in [-0.25, -0.2) is 13.4 Å². The third-order valence-electron chi connectivity index (χ3n) is 5.98. The van der Waals surface area contributed by atoms with Crippen LogP contribution in [0.15, 0.2) is 60.0 Å². The minimum Gasteiger partial charge on any atom is -0.497 e. The molecule has 192 valence electrons. The van der Waals surface area contributed by atoms with E-state index in [1.807, 2.05) is 0 Å². The van der Waals surface area contributed by atoms with Crippen molar-refractivity contribution in [1.82, 2.24) is 19.2 Å². The summed E-state index contributed by atoms with van der Waals surface area (Å²) in [6.45, 7) is -0.0928. The van der Waals surface area contributed by atoms with Gasteiger partial charge in [0.2, 0.25) is 0 Å². The Hall–Kier alpha value is -3.09.